The van der Waals surface area contributed by atoms with Gasteiger partial charge in [0.1, 0.15) is 4.90 Å². The Morgan fingerprint density at radius 1 is 1.00 bits per heavy atom. The maximum Gasteiger partial charge on any atom is 0.269 e. The first kappa shape index (κ1) is 16.1. The molecule has 1 heterocycles. The molecule has 0 radical (unpaired) electrons. The van der Waals surface area contributed by atoms with Crippen molar-refractivity contribution in [1.29, 1.82) is 0 Å². The molecule has 0 unspecified atom stereocenters. The van der Waals surface area contributed by atoms with E-state index in [1.54, 1.807) is 4.72 Å². The summed E-state index contributed by atoms with van der Waals surface area (Å²) in [4.78, 5) is 20.5. The lowest BCUT2D eigenvalue weighted by atomic mass is 10.2. The second-order valence-electron chi connectivity index (χ2n) is 4.85. The summed E-state index contributed by atoms with van der Waals surface area (Å²) in [7, 11) is -8.19. The molecule has 1 aliphatic rings. The molecule has 1 aliphatic heterocycles. The quantitative estimate of drug-likeness (QED) is 0.625. The lowest BCUT2D eigenvalue weighted by Gasteiger charge is -2.05. The van der Waals surface area contributed by atoms with Gasteiger partial charge in [0.15, 0.2) is 0 Å². The standard InChI is InChI=1S/C13H8N2O7S2/c16-13-11-6-5-10(7-12(11)24(21,22)14-13)23(19,20)9-3-1-8(2-4-9)15(17)18/h1-7H,(H,14,16). The van der Waals surface area contributed by atoms with Gasteiger partial charge in [-0.25, -0.2) is 21.6 Å². The number of carbonyl (C=O) groups is 1. The number of nitro benzene ring substituents is 1. The zero-order valence-corrected chi connectivity index (χ0v) is 13.3. The van der Waals surface area contributed by atoms with Crippen molar-refractivity contribution in [1.82, 2.24) is 4.72 Å². The van der Waals surface area contributed by atoms with Crippen LogP contribution >= 0.6 is 0 Å². The summed E-state index contributed by atoms with van der Waals surface area (Å²) < 4.78 is 50.4. The Morgan fingerprint density at radius 2 is 1.58 bits per heavy atom. The van der Waals surface area contributed by atoms with E-state index in [4.69, 9.17) is 0 Å². The number of hydrogen-bond acceptors (Lipinski definition) is 7. The van der Waals surface area contributed by atoms with E-state index in [0.29, 0.717) is 0 Å². The molecule has 0 fully saturated rings. The van der Waals surface area contributed by atoms with E-state index >= 15 is 0 Å². The molecule has 24 heavy (non-hydrogen) atoms. The number of nitro groups is 1. The number of sulfone groups is 1. The van der Waals surface area contributed by atoms with E-state index in [-0.39, 0.29) is 21.0 Å². The van der Waals surface area contributed by atoms with Gasteiger partial charge in [0.2, 0.25) is 9.84 Å². The minimum absolute atomic E-state index is 0.141. The van der Waals surface area contributed by atoms with E-state index in [9.17, 15) is 31.7 Å². The van der Waals surface area contributed by atoms with Gasteiger partial charge >= 0.3 is 0 Å². The highest BCUT2D eigenvalue weighted by Crippen LogP contribution is 2.29. The number of sulfonamides is 1. The summed E-state index contributed by atoms with van der Waals surface area (Å²) >= 11 is 0. The Bertz CT molecular complexity index is 1090. The molecule has 0 saturated carbocycles. The van der Waals surface area contributed by atoms with Gasteiger partial charge in [-0.3, -0.25) is 14.9 Å². The average molecular weight is 368 g/mol. The second kappa shape index (κ2) is 5.11. The molecular weight excluding hydrogens is 360 g/mol. The molecule has 11 heteroatoms. The highest BCUT2D eigenvalue weighted by Gasteiger charge is 2.34. The van der Waals surface area contributed by atoms with E-state index in [1.165, 1.54) is 0 Å². The summed E-state index contributed by atoms with van der Waals surface area (Å²) in [5, 5.41) is 10.6. The fraction of sp³-hybridized carbons (Fsp3) is 0. The first-order valence-electron chi connectivity index (χ1n) is 6.34. The van der Waals surface area contributed by atoms with Crippen molar-refractivity contribution in [3.8, 4) is 0 Å². The first-order valence-corrected chi connectivity index (χ1v) is 9.30. The summed E-state index contributed by atoms with van der Waals surface area (Å²) in [5.74, 6) is -0.829. The third kappa shape index (κ3) is 2.43. The van der Waals surface area contributed by atoms with Gasteiger partial charge in [-0.05, 0) is 30.3 Å². The van der Waals surface area contributed by atoms with Crippen molar-refractivity contribution in [3.05, 3.63) is 58.1 Å². The Hall–Kier alpha value is -2.79. The van der Waals surface area contributed by atoms with E-state index in [2.05, 4.69) is 0 Å². The highest BCUT2D eigenvalue weighted by molar-refractivity contribution is 7.92. The first-order chi connectivity index (χ1) is 11.1. The lowest BCUT2D eigenvalue weighted by Crippen LogP contribution is -2.20. The molecule has 0 bridgehead atoms. The van der Waals surface area contributed by atoms with Crippen LogP contribution in [0.3, 0.4) is 0 Å². The SMILES string of the molecule is O=C1NS(=O)(=O)c2cc(S(=O)(=O)c3ccc([N+](=O)[O-])cc3)ccc21. The Balaban J connectivity index is 2.12. The molecule has 2 aromatic rings. The van der Waals surface area contributed by atoms with Crippen LogP contribution in [0.4, 0.5) is 5.69 Å². The van der Waals surface area contributed by atoms with Crippen LogP contribution in [-0.4, -0.2) is 27.7 Å². The number of nitrogens with zero attached hydrogens (tertiary/aromatic N) is 1. The number of amides is 1. The molecule has 0 atom stereocenters. The van der Waals surface area contributed by atoms with Crippen LogP contribution in [-0.2, 0) is 19.9 Å². The molecular formula is C13H8N2O7S2. The topological polar surface area (TPSA) is 141 Å². The number of rotatable bonds is 3. The average Bonchev–Trinajstić information content (AvgIpc) is 2.76. The number of non-ortho nitro benzene ring substituents is 1. The maximum atomic E-state index is 12.5. The van der Waals surface area contributed by atoms with E-state index < -0.39 is 35.6 Å². The fourth-order valence-electron chi connectivity index (χ4n) is 2.19. The van der Waals surface area contributed by atoms with Crippen molar-refractivity contribution < 1.29 is 26.6 Å². The molecule has 1 amide bonds. The van der Waals surface area contributed by atoms with Crippen LogP contribution in [0.1, 0.15) is 10.4 Å². The Morgan fingerprint density at radius 3 is 2.17 bits per heavy atom. The highest BCUT2D eigenvalue weighted by atomic mass is 32.2. The van der Waals surface area contributed by atoms with Crippen molar-refractivity contribution in [3.63, 3.8) is 0 Å². The van der Waals surface area contributed by atoms with Crippen LogP contribution in [0, 0.1) is 10.1 Å². The van der Waals surface area contributed by atoms with Crippen LogP contribution in [0.5, 0.6) is 0 Å². The molecule has 124 valence electrons. The minimum Gasteiger partial charge on any atom is -0.268 e. The van der Waals surface area contributed by atoms with Gasteiger partial charge in [-0.1, -0.05) is 0 Å². The van der Waals surface area contributed by atoms with E-state index in [0.717, 1.165) is 42.5 Å². The second-order valence-corrected chi connectivity index (χ2v) is 8.45. The van der Waals surface area contributed by atoms with Crippen LogP contribution in [0.15, 0.2) is 57.2 Å². The van der Waals surface area contributed by atoms with Crippen molar-refractivity contribution >= 4 is 31.5 Å². The van der Waals surface area contributed by atoms with Gasteiger partial charge in [0, 0.05) is 12.1 Å². The smallest absolute Gasteiger partial charge is 0.268 e. The summed E-state index contributed by atoms with van der Waals surface area (Å²) in [6.07, 6.45) is 0. The van der Waals surface area contributed by atoms with Crippen LogP contribution in [0.25, 0.3) is 0 Å². The molecule has 0 aromatic heterocycles. The normalized spacial score (nSPS) is 15.6. The van der Waals surface area contributed by atoms with E-state index in [1.807, 2.05) is 0 Å². The third-order valence-corrected chi connectivity index (χ3v) is 6.52. The largest absolute Gasteiger partial charge is 0.269 e. The predicted octanol–water partition coefficient (Wildman–Crippen LogP) is 0.860. The number of fused-ring (bicyclic) bond motifs is 1. The number of hydrogen-bond donors (Lipinski definition) is 1. The van der Waals surface area contributed by atoms with Crippen molar-refractivity contribution in [2.75, 3.05) is 0 Å². The summed E-state index contributed by atoms with van der Waals surface area (Å²) in [6, 6.07) is 7.27. The minimum atomic E-state index is -4.10. The van der Waals surface area contributed by atoms with Gasteiger partial charge in [0.05, 0.1) is 20.3 Å². The molecule has 0 aliphatic carbocycles. The number of nitrogens with one attached hydrogen (secondary N) is 1. The Labute approximate surface area is 136 Å². The van der Waals surface area contributed by atoms with Gasteiger partial charge in [-0.2, -0.15) is 0 Å². The van der Waals surface area contributed by atoms with Crippen LogP contribution < -0.4 is 4.72 Å². The monoisotopic (exact) mass is 368 g/mol. The molecule has 9 nitrogen and oxygen atoms in total. The molecule has 0 spiro atoms. The summed E-state index contributed by atoms with van der Waals surface area (Å²) in [5.41, 5.74) is -0.419. The zero-order valence-electron chi connectivity index (χ0n) is 11.7. The maximum absolute atomic E-state index is 12.5. The van der Waals surface area contributed by atoms with Gasteiger partial charge < -0.3 is 0 Å². The number of carbonyl (C=O) groups excluding carboxylic acids is 1. The predicted molar refractivity (Wildman–Crippen MR) is 79.6 cm³/mol. The van der Waals surface area contributed by atoms with Gasteiger partial charge in [0.25, 0.3) is 21.6 Å². The lowest BCUT2D eigenvalue weighted by molar-refractivity contribution is -0.384. The van der Waals surface area contributed by atoms with Gasteiger partial charge in [-0.15, -0.1) is 0 Å². The molecule has 1 N–H and O–H groups in total. The molecule has 0 saturated heterocycles. The third-order valence-electron chi connectivity index (χ3n) is 3.38. The number of benzene rings is 2. The molecule has 2 aromatic carbocycles. The zero-order chi connectivity index (χ0) is 17.7. The van der Waals surface area contributed by atoms with Crippen molar-refractivity contribution in [2.24, 2.45) is 0 Å². The Kier molecular flexibility index (Phi) is 3.42. The van der Waals surface area contributed by atoms with Crippen molar-refractivity contribution in [2.45, 2.75) is 14.7 Å². The fourth-order valence-corrected chi connectivity index (χ4v) is 4.75. The molecule has 3 rings (SSSR count). The summed E-state index contributed by atoms with van der Waals surface area (Å²) in [6.45, 7) is 0. The van der Waals surface area contributed by atoms with Crippen LogP contribution in [0.2, 0.25) is 0 Å².